The second-order valence-corrected chi connectivity index (χ2v) is 9.75. The van der Waals surface area contributed by atoms with Crippen molar-refractivity contribution >= 4 is 11.6 Å². The van der Waals surface area contributed by atoms with E-state index in [9.17, 15) is 23.5 Å². The van der Waals surface area contributed by atoms with E-state index in [0.717, 1.165) is 54.1 Å². The number of halogens is 2. The summed E-state index contributed by atoms with van der Waals surface area (Å²) >= 11 is 0. The highest BCUT2D eigenvalue weighted by molar-refractivity contribution is 5.81. The average Bonchev–Trinajstić information content (AvgIpc) is 3.43. The number of aliphatic hydroxyl groups is 1. The third-order valence-electron chi connectivity index (χ3n) is 7.08. The van der Waals surface area contributed by atoms with Gasteiger partial charge in [-0.25, -0.2) is 8.78 Å². The molecule has 1 aliphatic carbocycles. The van der Waals surface area contributed by atoms with E-state index in [-0.39, 0.29) is 29.9 Å². The van der Waals surface area contributed by atoms with Crippen LogP contribution in [0.4, 0.5) is 14.5 Å². The molecule has 1 N–H and O–H groups in total. The number of hydrogen-bond donors (Lipinski definition) is 1. The summed E-state index contributed by atoms with van der Waals surface area (Å²) in [6.45, 7) is 1.52. The number of benzene rings is 2. The first-order valence-electron chi connectivity index (χ1n) is 12.9. The number of amides is 1. The average molecular weight is 525 g/mol. The standard InChI is InChI=1S/C28H30F2N4O4/c29-20-15-21(30)17-22(16-20)34-28(37)26(38-23-8-4-5-9-23)24(18-31-34)32-10-12-33(13-11-32)27(36)25(35)14-19-6-2-1-3-7-19/h1-3,6-7,15-18,23,25,35H,4-5,8-14H2. The van der Waals surface area contributed by atoms with Crippen molar-refractivity contribution in [2.45, 2.75) is 44.3 Å². The van der Waals surface area contributed by atoms with E-state index in [1.807, 2.05) is 35.2 Å². The lowest BCUT2D eigenvalue weighted by Crippen LogP contribution is -2.52. The molecule has 10 heteroatoms. The van der Waals surface area contributed by atoms with Gasteiger partial charge in [0, 0.05) is 38.7 Å². The van der Waals surface area contributed by atoms with Crippen molar-refractivity contribution in [1.82, 2.24) is 14.7 Å². The zero-order valence-corrected chi connectivity index (χ0v) is 20.9. The van der Waals surface area contributed by atoms with Crippen molar-refractivity contribution in [2.24, 2.45) is 0 Å². The van der Waals surface area contributed by atoms with Gasteiger partial charge in [0.1, 0.15) is 23.4 Å². The quantitative estimate of drug-likeness (QED) is 0.511. The molecule has 2 fully saturated rings. The first-order chi connectivity index (χ1) is 18.4. The van der Waals surface area contributed by atoms with Gasteiger partial charge in [-0.3, -0.25) is 9.59 Å². The molecule has 1 aliphatic heterocycles. The van der Waals surface area contributed by atoms with Crippen LogP contribution in [0.3, 0.4) is 0 Å². The highest BCUT2D eigenvalue weighted by Crippen LogP contribution is 2.30. The predicted molar refractivity (Wildman–Crippen MR) is 138 cm³/mol. The van der Waals surface area contributed by atoms with E-state index in [1.165, 1.54) is 6.20 Å². The Labute approximate surface area is 219 Å². The molecule has 1 amide bonds. The predicted octanol–water partition coefficient (Wildman–Crippen LogP) is 3.08. The highest BCUT2D eigenvalue weighted by Gasteiger charge is 2.30. The summed E-state index contributed by atoms with van der Waals surface area (Å²) in [6.07, 6.45) is 4.08. The van der Waals surface area contributed by atoms with Gasteiger partial charge in [0.15, 0.2) is 0 Å². The van der Waals surface area contributed by atoms with Crippen molar-refractivity contribution in [1.29, 1.82) is 0 Å². The second-order valence-electron chi connectivity index (χ2n) is 9.75. The molecule has 0 bridgehead atoms. The fraction of sp³-hybridized carbons (Fsp3) is 0.393. The Morgan fingerprint density at radius 2 is 1.68 bits per heavy atom. The number of carbonyl (C=O) groups excluding carboxylic acids is 1. The molecule has 1 atom stereocenters. The first-order valence-corrected chi connectivity index (χ1v) is 12.9. The van der Waals surface area contributed by atoms with Crippen LogP contribution in [-0.4, -0.2) is 64.1 Å². The Kier molecular flexibility index (Phi) is 7.69. The van der Waals surface area contributed by atoms with Gasteiger partial charge < -0.3 is 19.6 Å². The molecule has 1 saturated carbocycles. The zero-order valence-electron chi connectivity index (χ0n) is 20.9. The second kappa shape index (κ2) is 11.3. The Morgan fingerprint density at radius 1 is 1.03 bits per heavy atom. The molecule has 8 nitrogen and oxygen atoms in total. The molecule has 5 rings (SSSR count). The Hall–Kier alpha value is -3.79. The van der Waals surface area contributed by atoms with Crippen LogP contribution in [0.2, 0.25) is 0 Å². The lowest BCUT2D eigenvalue weighted by Gasteiger charge is -2.37. The van der Waals surface area contributed by atoms with Gasteiger partial charge in [-0.1, -0.05) is 30.3 Å². The lowest BCUT2D eigenvalue weighted by atomic mass is 10.1. The van der Waals surface area contributed by atoms with E-state index in [4.69, 9.17) is 4.74 Å². The van der Waals surface area contributed by atoms with E-state index < -0.39 is 23.3 Å². The van der Waals surface area contributed by atoms with Crippen LogP contribution in [-0.2, 0) is 11.2 Å². The van der Waals surface area contributed by atoms with E-state index in [1.54, 1.807) is 4.90 Å². The minimum atomic E-state index is -1.14. The number of ether oxygens (including phenoxy) is 1. The smallest absolute Gasteiger partial charge is 0.316 e. The molecule has 1 unspecified atom stereocenters. The van der Waals surface area contributed by atoms with Crippen LogP contribution in [0.25, 0.3) is 5.69 Å². The van der Waals surface area contributed by atoms with Crippen molar-refractivity contribution in [3.63, 3.8) is 0 Å². The SMILES string of the molecule is O=C(C(O)Cc1ccccc1)N1CCN(c2cnn(-c3cc(F)cc(F)c3)c(=O)c2OC2CCCC2)CC1. The summed E-state index contributed by atoms with van der Waals surface area (Å²) in [5, 5.41) is 14.7. The number of rotatable bonds is 7. The largest absolute Gasteiger partial charge is 0.483 e. The molecule has 38 heavy (non-hydrogen) atoms. The Balaban J connectivity index is 1.35. The fourth-order valence-corrected chi connectivity index (χ4v) is 5.09. The third kappa shape index (κ3) is 5.70. The number of anilines is 1. The number of carbonyl (C=O) groups is 1. The maximum Gasteiger partial charge on any atom is 0.316 e. The lowest BCUT2D eigenvalue weighted by molar-refractivity contribution is -0.140. The molecule has 1 saturated heterocycles. The van der Waals surface area contributed by atoms with Gasteiger partial charge in [-0.2, -0.15) is 9.78 Å². The summed E-state index contributed by atoms with van der Waals surface area (Å²) in [4.78, 5) is 29.9. The highest BCUT2D eigenvalue weighted by atomic mass is 19.1. The Morgan fingerprint density at radius 3 is 2.34 bits per heavy atom. The molecule has 2 heterocycles. The normalized spacial score (nSPS) is 17.0. The van der Waals surface area contributed by atoms with Gasteiger partial charge in [-0.15, -0.1) is 0 Å². The Bertz CT molecular complexity index is 1320. The van der Waals surface area contributed by atoms with Crippen molar-refractivity contribution < 1.29 is 23.4 Å². The summed E-state index contributed by atoms with van der Waals surface area (Å²) in [6, 6.07) is 12.2. The van der Waals surface area contributed by atoms with E-state index >= 15 is 0 Å². The van der Waals surface area contributed by atoms with Gasteiger partial charge in [-0.05, 0) is 43.4 Å². The molecule has 200 valence electrons. The van der Waals surface area contributed by atoms with Crippen LogP contribution in [0.5, 0.6) is 5.75 Å². The first kappa shape index (κ1) is 25.8. The summed E-state index contributed by atoms with van der Waals surface area (Å²) in [5.74, 6) is -1.88. The number of nitrogens with zero attached hydrogens (tertiary/aromatic N) is 4. The van der Waals surface area contributed by atoms with Gasteiger partial charge in [0.2, 0.25) is 5.75 Å². The molecular formula is C28H30F2N4O4. The van der Waals surface area contributed by atoms with Crippen LogP contribution in [0.1, 0.15) is 31.2 Å². The number of piperazine rings is 1. The minimum Gasteiger partial charge on any atom is -0.483 e. The number of aromatic nitrogens is 2. The van der Waals surface area contributed by atoms with E-state index in [2.05, 4.69) is 5.10 Å². The maximum atomic E-state index is 13.9. The minimum absolute atomic E-state index is 0.0295. The number of aliphatic hydroxyl groups excluding tert-OH is 1. The molecule has 0 radical (unpaired) electrons. The molecule has 1 aromatic heterocycles. The maximum absolute atomic E-state index is 13.9. The molecular weight excluding hydrogens is 494 g/mol. The molecule has 2 aromatic carbocycles. The van der Waals surface area contributed by atoms with Crippen LogP contribution < -0.4 is 15.2 Å². The molecule has 2 aliphatic rings. The fourth-order valence-electron chi connectivity index (χ4n) is 5.09. The monoisotopic (exact) mass is 524 g/mol. The van der Waals surface area contributed by atoms with E-state index in [0.29, 0.717) is 31.9 Å². The van der Waals surface area contributed by atoms with Crippen LogP contribution >= 0.6 is 0 Å². The van der Waals surface area contributed by atoms with Crippen LogP contribution in [0, 0.1) is 11.6 Å². The zero-order chi connectivity index (χ0) is 26.6. The van der Waals surface area contributed by atoms with Gasteiger partial charge in [0.25, 0.3) is 5.91 Å². The third-order valence-corrected chi connectivity index (χ3v) is 7.08. The summed E-state index contributed by atoms with van der Waals surface area (Å²) in [5.41, 5.74) is 0.729. The van der Waals surface area contributed by atoms with Crippen molar-refractivity contribution in [3.8, 4) is 11.4 Å². The van der Waals surface area contributed by atoms with Crippen molar-refractivity contribution in [3.05, 3.63) is 82.3 Å². The van der Waals surface area contributed by atoms with Crippen LogP contribution in [0.15, 0.2) is 59.5 Å². The summed E-state index contributed by atoms with van der Waals surface area (Å²) in [7, 11) is 0. The number of hydrogen-bond acceptors (Lipinski definition) is 6. The molecule has 0 spiro atoms. The summed E-state index contributed by atoms with van der Waals surface area (Å²) < 4.78 is 34.8. The van der Waals surface area contributed by atoms with Gasteiger partial charge in [0.05, 0.1) is 18.0 Å². The van der Waals surface area contributed by atoms with Gasteiger partial charge >= 0.3 is 5.56 Å². The van der Waals surface area contributed by atoms with Crippen molar-refractivity contribution in [2.75, 3.05) is 31.1 Å². The topological polar surface area (TPSA) is 87.9 Å². The molecule has 3 aromatic rings.